The molecule has 0 spiro atoms. The van der Waals surface area contributed by atoms with Crippen molar-refractivity contribution in [3.05, 3.63) is 17.7 Å². The van der Waals surface area contributed by atoms with Crippen LogP contribution in [-0.4, -0.2) is 65.5 Å². The summed E-state index contributed by atoms with van der Waals surface area (Å²) in [7, 11) is 6.18. The smallest absolute Gasteiger partial charge is 0.254 e. The monoisotopic (exact) mass is 312 g/mol. The van der Waals surface area contributed by atoms with E-state index in [2.05, 4.69) is 0 Å². The second kappa shape index (κ2) is 9.11. The van der Waals surface area contributed by atoms with Gasteiger partial charge in [0, 0.05) is 32.9 Å². The lowest BCUT2D eigenvalue weighted by atomic mass is 10.1. The van der Waals surface area contributed by atoms with Crippen molar-refractivity contribution in [2.75, 3.05) is 60.5 Å². The Hall–Kier alpha value is -1.99. The number of amides is 1. The number of hydrogen-bond donors (Lipinski definition) is 1. The molecule has 7 heteroatoms. The Morgan fingerprint density at radius 1 is 1.05 bits per heavy atom. The van der Waals surface area contributed by atoms with Crippen LogP contribution in [0.15, 0.2) is 12.1 Å². The first-order valence-electron chi connectivity index (χ1n) is 6.87. The molecule has 0 unspecified atom stereocenters. The van der Waals surface area contributed by atoms with Crippen molar-refractivity contribution < 1.29 is 23.7 Å². The maximum absolute atomic E-state index is 12.6. The number of rotatable bonds is 9. The van der Waals surface area contributed by atoms with E-state index in [9.17, 15) is 4.79 Å². The number of hydrogen-bond acceptors (Lipinski definition) is 6. The molecule has 2 N–H and O–H groups in total. The summed E-state index contributed by atoms with van der Waals surface area (Å²) in [4.78, 5) is 14.3. The van der Waals surface area contributed by atoms with E-state index in [1.807, 2.05) is 0 Å². The fraction of sp³-hybridized carbons (Fsp3) is 0.533. The van der Waals surface area contributed by atoms with E-state index in [0.717, 1.165) is 0 Å². The molecule has 0 aromatic heterocycles. The van der Waals surface area contributed by atoms with Crippen LogP contribution in [0.25, 0.3) is 0 Å². The number of nitrogen functional groups attached to an aromatic ring is 1. The maximum Gasteiger partial charge on any atom is 0.254 e. The van der Waals surface area contributed by atoms with Crippen LogP contribution in [0.1, 0.15) is 10.4 Å². The van der Waals surface area contributed by atoms with Gasteiger partial charge in [-0.05, 0) is 12.1 Å². The molecule has 124 valence electrons. The van der Waals surface area contributed by atoms with Crippen LogP contribution in [0.4, 0.5) is 5.69 Å². The zero-order valence-corrected chi connectivity index (χ0v) is 13.5. The van der Waals surface area contributed by atoms with Crippen molar-refractivity contribution >= 4 is 11.6 Å². The molecule has 0 fully saturated rings. The lowest BCUT2D eigenvalue weighted by Crippen LogP contribution is -2.36. The number of carbonyl (C=O) groups is 1. The summed E-state index contributed by atoms with van der Waals surface area (Å²) in [6.45, 7) is 1.82. The van der Waals surface area contributed by atoms with Crippen molar-refractivity contribution in [3.8, 4) is 11.5 Å². The van der Waals surface area contributed by atoms with E-state index in [4.69, 9.17) is 24.7 Å². The molecular formula is C15H24N2O5. The number of ether oxygens (including phenoxy) is 4. The molecule has 0 heterocycles. The molecule has 1 amide bonds. The van der Waals surface area contributed by atoms with Gasteiger partial charge in [-0.1, -0.05) is 0 Å². The highest BCUT2D eigenvalue weighted by Gasteiger charge is 2.19. The van der Waals surface area contributed by atoms with Crippen LogP contribution in [0.2, 0.25) is 0 Å². The molecule has 1 aromatic rings. The van der Waals surface area contributed by atoms with E-state index < -0.39 is 0 Å². The Bertz CT molecular complexity index is 485. The first kappa shape index (κ1) is 18.1. The molecular weight excluding hydrogens is 288 g/mol. The molecule has 0 aliphatic heterocycles. The van der Waals surface area contributed by atoms with Gasteiger partial charge < -0.3 is 29.6 Å². The highest BCUT2D eigenvalue weighted by atomic mass is 16.5. The van der Waals surface area contributed by atoms with E-state index in [-0.39, 0.29) is 5.91 Å². The van der Waals surface area contributed by atoms with Crippen LogP contribution in [0, 0.1) is 0 Å². The third-order valence-corrected chi connectivity index (χ3v) is 3.17. The van der Waals surface area contributed by atoms with Crippen LogP contribution in [0.3, 0.4) is 0 Å². The predicted octanol–water partition coefficient (Wildman–Crippen LogP) is 1.02. The van der Waals surface area contributed by atoms with E-state index in [1.54, 1.807) is 31.3 Å². The Morgan fingerprint density at radius 3 is 2.09 bits per heavy atom. The quantitative estimate of drug-likeness (QED) is 0.686. The first-order chi connectivity index (χ1) is 10.6. The average Bonchev–Trinajstić information content (AvgIpc) is 2.53. The molecule has 0 atom stereocenters. The zero-order valence-electron chi connectivity index (χ0n) is 13.5. The standard InChI is InChI=1S/C15H24N2O5/c1-19-7-5-17(6-8-20-2)15(18)11-9-12(16)14(22-4)13(10-11)21-3/h9-10H,5-8,16H2,1-4H3. The normalized spacial score (nSPS) is 10.4. The fourth-order valence-electron chi connectivity index (χ4n) is 2.02. The van der Waals surface area contributed by atoms with E-state index in [0.29, 0.717) is 49.1 Å². The van der Waals surface area contributed by atoms with Crippen LogP contribution in [-0.2, 0) is 9.47 Å². The topological polar surface area (TPSA) is 83.3 Å². The molecule has 22 heavy (non-hydrogen) atoms. The van der Waals surface area contributed by atoms with Gasteiger partial charge >= 0.3 is 0 Å². The van der Waals surface area contributed by atoms with E-state index in [1.165, 1.54) is 14.2 Å². The predicted molar refractivity (Wildman–Crippen MR) is 83.6 cm³/mol. The number of benzene rings is 1. The SMILES string of the molecule is COCCN(CCOC)C(=O)c1cc(N)c(OC)c(OC)c1. The van der Waals surface area contributed by atoms with Gasteiger partial charge in [0.25, 0.3) is 5.91 Å². The Morgan fingerprint density at radius 2 is 1.64 bits per heavy atom. The third kappa shape index (κ3) is 4.51. The summed E-state index contributed by atoms with van der Waals surface area (Å²) in [6, 6.07) is 3.19. The Labute approximate surface area is 130 Å². The largest absolute Gasteiger partial charge is 0.493 e. The Kier molecular flexibility index (Phi) is 7.48. The molecule has 0 aliphatic carbocycles. The van der Waals surface area contributed by atoms with Crippen LogP contribution < -0.4 is 15.2 Å². The van der Waals surface area contributed by atoms with Gasteiger partial charge in [-0.15, -0.1) is 0 Å². The molecule has 0 bridgehead atoms. The summed E-state index contributed by atoms with van der Waals surface area (Å²) in [5.41, 5.74) is 6.70. The highest BCUT2D eigenvalue weighted by molar-refractivity contribution is 5.96. The minimum Gasteiger partial charge on any atom is -0.493 e. The number of nitrogens with two attached hydrogens (primary N) is 1. The van der Waals surface area contributed by atoms with Crippen molar-refractivity contribution in [2.45, 2.75) is 0 Å². The number of methoxy groups -OCH3 is 4. The molecule has 1 rings (SSSR count). The summed E-state index contributed by atoms with van der Waals surface area (Å²) in [6.07, 6.45) is 0. The second-order valence-corrected chi connectivity index (χ2v) is 4.58. The summed E-state index contributed by atoms with van der Waals surface area (Å²) >= 11 is 0. The molecule has 0 radical (unpaired) electrons. The third-order valence-electron chi connectivity index (χ3n) is 3.17. The van der Waals surface area contributed by atoms with Gasteiger partial charge in [-0.25, -0.2) is 0 Å². The van der Waals surface area contributed by atoms with Gasteiger partial charge in [0.05, 0.1) is 33.1 Å². The molecule has 0 saturated heterocycles. The minimum atomic E-state index is -0.165. The average molecular weight is 312 g/mol. The van der Waals surface area contributed by atoms with Crippen molar-refractivity contribution in [1.82, 2.24) is 4.90 Å². The summed E-state index contributed by atoms with van der Waals surface area (Å²) in [5.74, 6) is 0.672. The first-order valence-corrected chi connectivity index (χ1v) is 6.87. The number of nitrogens with zero attached hydrogens (tertiary/aromatic N) is 1. The highest BCUT2D eigenvalue weighted by Crippen LogP contribution is 2.34. The van der Waals surface area contributed by atoms with Gasteiger partial charge in [0.1, 0.15) is 0 Å². The second-order valence-electron chi connectivity index (χ2n) is 4.58. The van der Waals surface area contributed by atoms with Crippen LogP contribution >= 0.6 is 0 Å². The summed E-state index contributed by atoms with van der Waals surface area (Å²) < 4.78 is 20.5. The van der Waals surface area contributed by atoms with E-state index >= 15 is 0 Å². The van der Waals surface area contributed by atoms with Gasteiger partial charge in [0.2, 0.25) is 0 Å². The summed E-state index contributed by atoms with van der Waals surface area (Å²) in [5, 5.41) is 0. The van der Waals surface area contributed by atoms with Crippen molar-refractivity contribution in [1.29, 1.82) is 0 Å². The maximum atomic E-state index is 12.6. The molecule has 0 saturated carbocycles. The van der Waals surface area contributed by atoms with Crippen molar-refractivity contribution in [2.24, 2.45) is 0 Å². The molecule has 7 nitrogen and oxygen atoms in total. The number of carbonyl (C=O) groups excluding carboxylic acids is 1. The fourth-order valence-corrected chi connectivity index (χ4v) is 2.02. The van der Waals surface area contributed by atoms with Crippen molar-refractivity contribution in [3.63, 3.8) is 0 Å². The van der Waals surface area contributed by atoms with Gasteiger partial charge in [0.15, 0.2) is 11.5 Å². The van der Waals surface area contributed by atoms with Gasteiger partial charge in [-0.3, -0.25) is 4.79 Å². The van der Waals surface area contributed by atoms with Crippen LogP contribution in [0.5, 0.6) is 11.5 Å². The molecule has 1 aromatic carbocycles. The van der Waals surface area contributed by atoms with Gasteiger partial charge in [-0.2, -0.15) is 0 Å². The zero-order chi connectivity index (χ0) is 16.5. The lowest BCUT2D eigenvalue weighted by molar-refractivity contribution is 0.0627. The lowest BCUT2D eigenvalue weighted by Gasteiger charge is -2.23. The minimum absolute atomic E-state index is 0.165. The number of anilines is 1. The Balaban J connectivity index is 3.04. The molecule has 0 aliphatic rings.